The van der Waals surface area contributed by atoms with Crippen molar-refractivity contribution in [1.82, 2.24) is 0 Å². The predicted molar refractivity (Wildman–Crippen MR) is 90.4 cm³/mol. The Hall–Kier alpha value is -2.49. The summed E-state index contributed by atoms with van der Waals surface area (Å²) in [5.41, 5.74) is 10.6. The fraction of sp³-hybridized carbons (Fsp3) is 0.278. The van der Waals surface area contributed by atoms with Gasteiger partial charge in [-0.1, -0.05) is 24.3 Å². The molecule has 22 heavy (non-hydrogen) atoms. The fourth-order valence-corrected chi connectivity index (χ4v) is 2.67. The van der Waals surface area contributed by atoms with Crippen molar-refractivity contribution in [3.8, 4) is 5.75 Å². The summed E-state index contributed by atoms with van der Waals surface area (Å²) in [7, 11) is 0. The van der Waals surface area contributed by atoms with Crippen LogP contribution in [0.5, 0.6) is 5.75 Å². The van der Waals surface area contributed by atoms with E-state index in [2.05, 4.69) is 36.3 Å². The van der Waals surface area contributed by atoms with Crippen LogP contribution in [-0.2, 0) is 0 Å². The summed E-state index contributed by atoms with van der Waals surface area (Å²) >= 11 is 0. The van der Waals surface area contributed by atoms with E-state index in [1.54, 1.807) is 0 Å². The van der Waals surface area contributed by atoms with Gasteiger partial charge in [0.1, 0.15) is 17.9 Å². The first-order valence-electron chi connectivity index (χ1n) is 7.48. The maximum atomic E-state index is 6.08. The van der Waals surface area contributed by atoms with Crippen molar-refractivity contribution in [2.75, 3.05) is 5.32 Å². The molecule has 3 rings (SSSR count). The second-order valence-electron chi connectivity index (χ2n) is 5.74. The number of aliphatic imine (C=N–C) groups is 1. The standard InChI is InChI=1S/C18H21N3O/c1-11-8-9-14(10-12(11)2)20-18(19)21-17-13(3)22-16-7-5-4-6-15(16)17/h4-10,13,17H,1-3H3,(H3,19,20,21). The van der Waals surface area contributed by atoms with Gasteiger partial charge in [-0.2, -0.15) is 0 Å². The molecule has 0 bridgehead atoms. The van der Waals surface area contributed by atoms with Gasteiger partial charge in [-0.3, -0.25) is 0 Å². The molecule has 2 atom stereocenters. The van der Waals surface area contributed by atoms with Crippen molar-refractivity contribution in [2.45, 2.75) is 32.9 Å². The lowest BCUT2D eigenvalue weighted by Gasteiger charge is -2.13. The van der Waals surface area contributed by atoms with Gasteiger partial charge in [0.25, 0.3) is 0 Å². The topological polar surface area (TPSA) is 59.6 Å². The smallest absolute Gasteiger partial charge is 0.193 e. The highest BCUT2D eigenvalue weighted by molar-refractivity contribution is 5.92. The number of anilines is 1. The zero-order chi connectivity index (χ0) is 15.7. The van der Waals surface area contributed by atoms with Crippen LogP contribution in [0.25, 0.3) is 0 Å². The van der Waals surface area contributed by atoms with Gasteiger partial charge in [0.15, 0.2) is 5.96 Å². The molecule has 2 aromatic carbocycles. The van der Waals surface area contributed by atoms with Crippen molar-refractivity contribution in [1.29, 1.82) is 0 Å². The van der Waals surface area contributed by atoms with Crippen LogP contribution in [0, 0.1) is 13.8 Å². The summed E-state index contributed by atoms with van der Waals surface area (Å²) in [6, 6.07) is 14.0. The number of benzene rings is 2. The summed E-state index contributed by atoms with van der Waals surface area (Å²) in [4.78, 5) is 4.60. The molecule has 4 heteroatoms. The van der Waals surface area contributed by atoms with Gasteiger partial charge in [-0.15, -0.1) is 0 Å². The van der Waals surface area contributed by atoms with Gasteiger partial charge in [-0.25, -0.2) is 4.99 Å². The lowest BCUT2D eigenvalue weighted by Crippen LogP contribution is -2.25. The van der Waals surface area contributed by atoms with Crippen LogP contribution >= 0.6 is 0 Å². The zero-order valence-corrected chi connectivity index (χ0v) is 13.1. The Morgan fingerprint density at radius 1 is 1.14 bits per heavy atom. The second kappa shape index (κ2) is 5.72. The molecule has 2 aromatic rings. The minimum atomic E-state index is -0.0738. The Labute approximate surface area is 131 Å². The number of guanidine groups is 1. The monoisotopic (exact) mass is 295 g/mol. The molecule has 0 spiro atoms. The number of hydrogen-bond donors (Lipinski definition) is 2. The molecule has 2 unspecified atom stereocenters. The molecule has 0 amide bonds. The average molecular weight is 295 g/mol. The number of fused-ring (bicyclic) bond motifs is 1. The fourth-order valence-electron chi connectivity index (χ4n) is 2.67. The Morgan fingerprint density at radius 3 is 2.68 bits per heavy atom. The number of aryl methyl sites for hydroxylation is 2. The lowest BCUT2D eigenvalue weighted by molar-refractivity contribution is 0.229. The van der Waals surface area contributed by atoms with E-state index in [-0.39, 0.29) is 12.1 Å². The van der Waals surface area contributed by atoms with Crippen LogP contribution < -0.4 is 15.8 Å². The Balaban J connectivity index is 1.81. The third-order valence-electron chi connectivity index (χ3n) is 4.05. The highest BCUT2D eigenvalue weighted by Gasteiger charge is 2.30. The van der Waals surface area contributed by atoms with Crippen molar-refractivity contribution < 1.29 is 4.74 Å². The predicted octanol–water partition coefficient (Wildman–Crippen LogP) is 3.55. The van der Waals surface area contributed by atoms with E-state index in [4.69, 9.17) is 10.5 Å². The summed E-state index contributed by atoms with van der Waals surface area (Å²) in [5.74, 6) is 1.29. The maximum Gasteiger partial charge on any atom is 0.193 e. The average Bonchev–Trinajstić information content (AvgIpc) is 2.79. The van der Waals surface area contributed by atoms with E-state index < -0.39 is 0 Å². The summed E-state index contributed by atoms with van der Waals surface area (Å²) in [6.45, 7) is 6.18. The van der Waals surface area contributed by atoms with Gasteiger partial charge in [-0.05, 0) is 50.1 Å². The van der Waals surface area contributed by atoms with Crippen LogP contribution in [0.15, 0.2) is 47.5 Å². The van der Waals surface area contributed by atoms with Gasteiger partial charge >= 0.3 is 0 Å². The molecule has 1 aliphatic rings. The highest BCUT2D eigenvalue weighted by Crippen LogP contribution is 2.38. The molecule has 0 aliphatic carbocycles. The summed E-state index contributed by atoms with van der Waals surface area (Å²) in [5, 5.41) is 3.16. The largest absolute Gasteiger partial charge is 0.488 e. The number of ether oxygens (including phenoxy) is 1. The quantitative estimate of drug-likeness (QED) is 0.658. The molecule has 114 valence electrons. The van der Waals surface area contributed by atoms with Gasteiger partial charge < -0.3 is 15.8 Å². The minimum absolute atomic E-state index is 0.0162. The van der Waals surface area contributed by atoms with Gasteiger partial charge in [0.2, 0.25) is 0 Å². The summed E-state index contributed by atoms with van der Waals surface area (Å²) in [6.07, 6.45) is -0.0162. The summed E-state index contributed by atoms with van der Waals surface area (Å²) < 4.78 is 5.81. The van der Waals surface area contributed by atoms with Gasteiger partial charge in [0.05, 0.1) is 0 Å². The molecule has 0 aromatic heterocycles. The first kappa shape index (κ1) is 14.4. The van der Waals surface area contributed by atoms with Crippen molar-refractivity contribution in [3.05, 3.63) is 59.2 Å². The first-order valence-corrected chi connectivity index (χ1v) is 7.48. The molecular weight excluding hydrogens is 274 g/mol. The van der Waals surface area contributed by atoms with Crippen LogP contribution in [0.3, 0.4) is 0 Å². The number of nitrogens with zero attached hydrogens (tertiary/aromatic N) is 1. The number of nitrogens with two attached hydrogens (primary N) is 1. The molecule has 4 nitrogen and oxygen atoms in total. The molecule has 0 saturated carbocycles. The van der Waals surface area contributed by atoms with Crippen molar-refractivity contribution in [2.24, 2.45) is 10.7 Å². The van der Waals surface area contributed by atoms with Crippen LogP contribution in [0.2, 0.25) is 0 Å². The van der Waals surface area contributed by atoms with E-state index in [1.807, 2.05) is 37.3 Å². The van der Waals surface area contributed by atoms with E-state index in [0.29, 0.717) is 5.96 Å². The highest BCUT2D eigenvalue weighted by atomic mass is 16.5. The van der Waals surface area contributed by atoms with E-state index in [0.717, 1.165) is 17.0 Å². The first-order chi connectivity index (χ1) is 10.5. The third kappa shape index (κ3) is 2.77. The number of para-hydroxylation sites is 1. The Bertz CT molecular complexity index is 724. The van der Waals surface area contributed by atoms with E-state index >= 15 is 0 Å². The molecule has 0 radical (unpaired) electrons. The molecule has 1 heterocycles. The van der Waals surface area contributed by atoms with Gasteiger partial charge in [0, 0.05) is 11.3 Å². The van der Waals surface area contributed by atoms with Crippen LogP contribution in [-0.4, -0.2) is 12.1 Å². The maximum absolute atomic E-state index is 6.08. The third-order valence-corrected chi connectivity index (χ3v) is 4.05. The van der Waals surface area contributed by atoms with E-state index in [1.165, 1.54) is 11.1 Å². The normalized spacial score (nSPS) is 20.4. The second-order valence-corrected chi connectivity index (χ2v) is 5.74. The molecule has 3 N–H and O–H groups in total. The SMILES string of the molecule is Cc1ccc(NC(N)=NC2c3ccccc3OC2C)cc1C. The Kier molecular flexibility index (Phi) is 3.75. The molecular formula is C18H21N3O. The number of hydrogen-bond acceptors (Lipinski definition) is 2. The van der Waals surface area contributed by atoms with Crippen molar-refractivity contribution >= 4 is 11.6 Å². The number of rotatable bonds is 2. The molecule has 0 fully saturated rings. The van der Waals surface area contributed by atoms with E-state index in [9.17, 15) is 0 Å². The van der Waals surface area contributed by atoms with Crippen LogP contribution in [0.4, 0.5) is 5.69 Å². The number of nitrogens with one attached hydrogen (secondary N) is 1. The zero-order valence-electron chi connectivity index (χ0n) is 13.1. The van der Waals surface area contributed by atoms with Crippen molar-refractivity contribution in [3.63, 3.8) is 0 Å². The minimum Gasteiger partial charge on any atom is -0.488 e. The molecule has 0 saturated heterocycles. The molecule has 1 aliphatic heterocycles. The van der Waals surface area contributed by atoms with Crippen LogP contribution in [0.1, 0.15) is 29.7 Å². The Morgan fingerprint density at radius 2 is 1.91 bits per heavy atom. The lowest BCUT2D eigenvalue weighted by atomic mass is 10.1.